The predicted molar refractivity (Wildman–Crippen MR) is 75.8 cm³/mol. The SMILES string of the molecule is CCNC(c1c(Cl)cnn1CC)C1CCC(C)C1. The van der Waals surface area contributed by atoms with Crippen LogP contribution in [0.15, 0.2) is 6.20 Å². The lowest BCUT2D eigenvalue weighted by molar-refractivity contribution is 0.344. The Labute approximate surface area is 115 Å². The number of halogens is 1. The van der Waals surface area contributed by atoms with Gasteiger partial charge in [-0.1, -0.05) is 31.9 Å². The summed E-state index contributed by atoms with van der Waals surface area (Å²) < 4.78 is 2.04. The van der Waals surface area contributed by atoms with Gasteiger partial charge < -0.3 is 5.32 Å². The van der Waals surface area contributed by atoms with E-state index in [1.807, 2.05) is 4.68 Å². The van der Waals surface area contributed by atoms with Gasteiger partial charge in [0, 0.05) is 6.54 Å². The summed E-state index contributed by atoms with van der Waals surface area (Å²) >= 11 is 6.35. The fourth-order valence-corrected chi connectivity index (χ4v) is 3.45. The molecule has 1 saturated carbocycles. The maximum atomic E-state index is 6.35. The zero-order chi connectivity index (χ0) is 13.1. The number of aromatic nitrogens is 2. The molecule has 3 atom stereocenters. The Morgan fingerprint density at radius 3 is 2.83 bits per heavy atom. The Hall–Kier alpha value is -0.540. The van der Waals surface area contributed by atoms with E-state index < -0.39 is 0 Å². The third-order valence-corrected chi connectivity index (χ3v) is 4.35. The van der Waals surface area contributed by atoms with Crippen molar-refractivity contribution in [3.63, 3.8) is 0 Å². The maximum Gasteiger partial charge on any atom is 0.0834 e. The van der Waals surface area contributed by atoms with E-state index in [1.54, 1.807) is 6.20 Å². The average Bonchev–Trinajstić information content (AvgIpc) is 2.93. The molecule has 1 N–H and O–H groups in total. The molecule has 0 bridgehead atoms. The molecule has 0 radical (unpaired) electrons. The summed E-state index contributed by atoms with van der Waals surface area (Å²) in [5, 5.41) is 8.80. The number of rotatable bonds is 5. The van der Waals surface area contributed by atoms with E-state index in [1.165, 1.54) is 25.0 Å². The van der Waals surface area contributed by atoms with Crippen molar-refractivity contribution >= 4 is 11.6 Å². The minimum Gasteiger partial charge on any atom is -0.309 e. The van der Waals surface area contributed by atoms with Gasteiger partial charge in [-0.05, 0) is 38.1 Å². The lowest BCUT2D eigenvalue weighted by Crippen LogP contribution is -2.29. The van der Waals surface area contributed by atoms with Crippen LogP contribution in [0.4, 0.5) is 0 Å². The predicted octanol–water partition coefficient (Wildman–Crippen LogP) is 3.64. The van der Waals surface area contributed by atoms with Gasteiger partial charge >= 0.3 is 0 Å². The van der Waals surface area contributed by atoms with E-state index >= 15 is 0 Å². The molecule has 0 aliphatic heterocycles. The molecule has 0 aromatic carbocycles. The smallest absolute Gasteiger partial charge is 0.0834 e. The summed E-state index contributed by atoms with van der Waals surface area (Å²) in [7, 11) is 0. The van der Waals surface area contributed by atoms with Gasteiger partial charge in [-0.2, -0.15) is 5.10 Å². The first-order chi connectivity index (χ1) is 8.67. The summed E-state index contributed by atoms with van der Waals surface area (Å²) in [6.45, 7) is 8.48. The van der Waals surface area contributed by atoms with Gasteiger partial charge in [0.2, 0.25) is 0 Å². The molecule has 1 aliphatic rings. The van der Waals surface area contributed by atoms with Crippen LogP contribution in [0.25, 0.3) is 0 Å². The molecule has 2 rings (SSSR count). The zero-order valence-electron chi connectivity index (χ0n) is 11.6. The van der Waals surface area contributed by atoms with Crippen molar-refractivity contribution in [2.24, 2.45) is 11.8 Å². The molecule has 1 aromatic rings. The molecule has 3 unspecified atom stereocenters. The normalized spacial score (nSPS) is 25.6. The molecule has 0 spiro atoms. The lowest BCUT2D eigenvalue weighted by atomic mass is 9.94. The van der Waals surface area contributed by atoms with Gasteiger partial charge in [-0.15, -0.1) is 0 Å². The van der Waals surface area contributed by atoms with Gasteiger partial charge in [0.15, 0.2) is 0 Å². The van der Waals surface area contributed by atoms with Crippen LogP contribution >= 0.6 is 11.6 Å². The standard InChI is InChI=1S/C14H24ClN3/c1-4-16-13(11-7-6-10(3)8-11)14-12(15)9-17-18(14)5-2/h9-11,13,16H,4-8H2,1-3H3. The Kier molecular flexibility index (Phi) is 4.68. The largest absolute Gasteiger partial charge is 0.309 e. The van der Waals surface area contributed by atoms with Crippen molar-refractivity contribution in [3.05, 3.63) is 16.9 Å². The molecule has 1 aromatic heterocycles. The molecule has 0 amide bonds. The summed E-state index contributed by atoms with van der Waals surface area (Å²) in [4.78, 5) is 0. The van der Waals surface area contributed by atoms with Crippen LogP contribution in [0.3, 0.4) is 0 Å². The second kappa shape index (κ2) is 6.07. The van der Waals surface area contributed by atoms with Crippen LogP contribution in [0.1, 0.15) is 51.8 Å². The van der Waals surface area contributed by atoms with E-state index in [0.717, 1.165) is 24.0 Å². The third-order valence-electron chi connectivity index (χ3n) is 4.06. The van der Waals surface area contributed by atoms with Gasteiger partial charge in [-0.3, -0.25) is 4.68 Å². The van der Waals surface area contributed by atoms with Gasteiger partial charge in [0.1, 0.15) is 0 Å². The number of nitrogens with one attached hydrogen (secondary N) is 1. The third kappa shape index (κ3) is 2.72. The first-order valence-corrected chi connectivity index (χ1v) is 7.49. The molecular formula is C14H24ClN3. The molecule has 3 nitrogen and oxygen atoms in total. The zero-order valence-corrected chi connectivity index (χ0v) is 12.4. The van der Waals surface area contributed by atoms with E-state index in [9.17, 15) is 0 Å². The van der Waals surface area contributed by atoms with Crippen LogP contribution in [-0.2, 0) is 6.54 Å². The van der Waals surface area contributed by atoms with Crippen molar-refractivity contribution in [2.45, 2.75) is 52.6 Å². The number of hydrogen-bond acceptors (Lipinski definition) is 2. The monoisotopic (exact) mass is 269 g/mol. The summed E-state index contributed by atoms with van der Waals surface area (Å²) in [5.41, 5.74) is 1.18. The quantitative estimate of drug-likeness (QED) is 0.884. The van der Waals surface area contributed by atoms with Gasteiger partial charge in [0.05, 0.1) is 23.0 Å². The van der Waals surface area contributed by atoms with Crippen molar-refractivity contribution < 1.29 is 0 Å². The fourth-order valence-electron chi connectivity index (χ4n) is 3.19. The topological polar surface area (TPSA) is 29.9 Å². The summed E-state index contributed by atoms with van der Waals surface area (Å²) in [5.74, 6) is 1.53. The molecule has 4 heteroatoms. The highest BCUT2D eigenvalue weighted by Crippen LogP contribution is 2.40. The molecule has 102 valence electrons. The van der Waals surface area contributed by atoms with Crippen molar-refractivity contribution in [1.29, 1.82) is 0 Å². The van der Waals surface area contributed by atoms with Crippen LogP contribution in [-0.4, -0.2) is 16.3 Å². The first kappa shape index (κ1) is 13.9. The number of hydrogen-bond donors (Lipinski definition) is 1. The van der Waals surface area contributed by atoms with Crippen LogP contribution in [0, 0.1) is 11.8 Å². The Morgan fingerprint density at radius 1 is 1.50 bits per heavy atom. The minimum atomic E-state index is 0.356. The molecule has 1 heterocycles. The second-order valence-corrected chi connectivity index (χ2v) is 5.81. The molecule has 0 saturated heterocycles. The molecule has 18 heavy (non-hydrogen) atoms. The second-order valence-electron chi connectivity index (χ2n) is 5.41. The highest BCUT2D eigenvalue weighted by Gasteiger charge is 2.32. The summed E-state index contributed by atoms with van der Waals surface area (Å²) in [6, 6.07) is 0.356. The fraction of sp³-hybridized carbons (Fsp3) is 0.786. The molecule has 1 aliphatic carbocycles. The number of nitrogens with zero attached hydrogens (tertiary/aromatic N) is 2. The Morgan fingerprint density at radius 2 is 2.28 bits per heavy atom. The Balaban J connectivity index is 2.26. The van der Waals surface area contributed by atoms with E-state index in [0.29, 0.717) is 12.0 Å². The van der Waals surface area contributed by atoms with E-state index in [-0.39, 0.29) is 0 Å². The number of aryl methyl sites for hydroxylation is 1. The van der Waals surface area contributed by atoms with Gasteiger partial charge in [0.25, 0.3) is 0 Å². The first-order valence-electron chi connectivity index (χ1n) is 7.11. The van der Waals surface area contributed by atoms with Crippen molar-refractivity contribution in [3.8, 4) is 0 Å². The highest BCUT2D eigenvalue weighted by molar-refractivity contribution is 6.31. The highest BCUT2D eigenvalue weighted by atomic mass is 35.5. The molecular weight excluding hydrogens is 246 g/mol. The Bertz CT molecular complexity index is 388. The summed E-state index contributed by atoms with van der Waals surface area (Å²) in [6.07, 6.45) is 5.71. The minimum absolute atomic E-state index is 0.356. The molecule has 1 fully saturated rings. The average molecular weight is 270 g/mol. The lowest BCUT2D eigenvalue weighted by Gasteiger charge is -2.25. The van der Waals surface area contributed by atoms with E-state index in [4.69, 9.17) is 11.6 Å². The van der Waals surface area contributed by atoms with Crippen LogP contribution in [0.5, 0.6) is 0 Å². The van der Waals surface area contributed by atoms with Crippen molar-refractivity contribution in [2.75, 3.05) is 6.54 Å². The maximum absolute atomic E-state index is 6.35. The van der Waals surface area contributed by atoms with Gasteiger partial charge in [-0.25, -0.2) is 0 Å². The van der Waals surface area contributed by atoms with Crippen LogP contribution in [0.2, 0.25) is 5.02 Å². The van der Waals surface area contributed by atoms with Crippen molar-refractivity contribution in [1.82, 2.24) is 15.1 Å². The van der Waals surface area contributed by atoms with Crippen LogP contribution < -0.4 is 5.32 Å². The van der Waals surface area contributed by atoms with E-state index in [2.05, 4.69) is 31.2 Å².